The number of aromatic nitrogens is 3. The molecular formula is C9H9BrN4. The van der Waals surface area contributed by atoms with Gasteiger partial charge in [-0.1, -0.05) is 34.1 Å². The summed E-state index contributed by atoms with van der Waals surface area (Å²) in [6, 6.07) is 7.83. The SMILES string of the molecule is Cn1c(N)nnc1-c1ccccc1Br. The molecule has 1 aromatic heterocycles. The lowest BCUT2D eigenvalue weighted by Crippen LogP contribution is -1.98. The van der Waals surface area contributed by atoms with Gasteiger partial charge < -0.3 is 5.73 Å². The molecule has 0 amide bonds. The van der Waals surface area contributed by atoms with Gasteiger partial charge in [-0.15, -0.1) is 10.2 Å². The Hall–Kier alpha value is -1.36. The van der Waals surface area contributed by atoms with Crippen molar-refractivity contribution < 1.29 is 0 Å². The molecule has 0 spiro atoms. The number of benzene rings is 1. The van der Waals surface area contributed by atoms with Crippen LogP contribution in [0, 0.1) is 0 Å². The van der Waals surface area contributed by atoms with E-state index in [0.717, 1.165) is 15.9 Å². The first-order valence-electron chi connectivity index (χ1n) is 4.10. The molecule has 0 saturated heterocycles. The molecule has 2 N–H and O–H groups in total. The number of nitrogens with two attached hydrogens (primary N) is 1. The largest absolute Gasteiger partial charge is 0.368 e. The van der Waals surface area contributed by atoms with Gasteiger partial charge in [-0.3, -0.25) is 4.57 Å². The highest BCUT2D eigenvalue weighted by atomic mass is 79.9. The van der Waals surface area contributed by atoms with E-state index in [4.69, 9.17) is 5.73 Å². The van der Waals surface area contributed by atoms with Gasteiger partial charge in [0.2, 0.25) is 5.95 Å². The van der Waals surface area contributed by atoms with Crippen molar-refractivity contribution in [2.45, 2.75) is 0 Å². The molecule has 14 heavy (non-hydrogen) atoms. The van der Waals surface area contributed by atoms with Gasteiger partial charge in [0.05, 0.1) is 0 Å². The van der Waals surface area contributed by atoms with Crippen molar-refractivity contribution in [2.24, 2.45) is 7.05 Å². The van der Waals surface area contributed by atoms with Crippen molar-refractivity contribution >= 4 is 21.9 Å². The quantitative estimate of drug-likeness (QED) is 0.843. The monoisotopic (exact) mass is 252 g/mol. The smallest absolute Gasteiger partial charge is 0.222 e. The molecule has 5 heteroatoms. The summed E-state index contributed by atoms with van der Waals surface area (Å²) < 4.78 is 2.73. The lowest BCUT2D eigenvalue weighted by molar-refractivity contribution is 0.934. The van der Waals surface area contributed by atoms with Crippen LogP contribution in [0.15, 0.2) is 28.7 Å². The molecule has 4 nitrogen and oxygen atoms in total. The molecular weight excluding hydrogens is 244 g/mol. The second kappa shape index (κ2) is 3.42. The van der Waals surface area contributed by atoms with Gasteiger partial charge in [0.1, 0.15) is 0 Å². The number of nitrogens with zero attached hydrogens (tertiary/aromatic N) is 3. The predicted molar refractivity (Wildman–Crippen MR) is 58.6 cm³/mol. The fraction of sp³-hybridized carbons (Fsp3) is 0.111. The third kappa shape index (κ3) is 1.39. The van der Waals surface area contributed by atoms with Crippen LogP contribution >= 0.6 is 15.9 Å². The first-order valence-corrected chi connectivity index (χ1v) is 4.89. The topological polar surface area (TPSA) is 56.7 Å². The van der Waals surface area contributed by atoms with E-state index < -0.39 is 0 Å². The summed E-state index contributed by atoms with van der Waals surface area (Å²) >= 11 is 3.45. The van der Waals surface area contributed by atoms with Crippen LogP contribution < -0.4 is 5.73 Å². The Kier molecular flexibility index (Phi) is 2.25. The molecule has 0 aliphatic carbocycles. The first kappa shape index (κ1) is 9.21. The number of halogens is 1. The van der Waals surface area contributed by atoms with E-state index >= 15 is 0 Å². The zero-order valence-electron chi connectivity index (χ0n) is 7.61. The average Bonchev–Trinajstić information content (AvgIpc) is 2.49. The van der Waals surface area contributed by atoms with Crippen LogP contribution in [0.4, 0.5) is 5.95 Å². The minimum absolute atomic E-state index is 0.413. The van der Waals surface area contributed by atoms with Crippen LogP contribution in [0.2, 0.25) is 0 Å². The Labute approximate surface area is 89.9 Å². The zero-order valence-corrected chi connectivity index (χ0v) is 9.19. The summed E-state index contributed by atoms with van der Waals surface area (Å²) in [5.41, 5.74) is 6.59. The van der Waals surface area contributed by atoms with E-state index in [1.54, 1.807) is 4.57 Å². The fourth-order valence-electron chi connectivity index (χ4n) is 1.22. The molecule has 2 aromatic rings. The van der Waals surface area contributed by atoms with Gasteiger partial charge in [-0.05, 0) is 6.07 Å². The van der Waals surface area contributed by atoms with Crippen molar-refractivity contribution in [3.63, 3.8) is 0 Å². The molecule has 0 unspecified atom stereocenters. The number of anilines is 1. The Morgan fingerprint density at radius 2 is 2.00 bits per heavy atom. The highest BCUT2D eigenvalue weighted by Crippen LogP contribution is 2.26. The van der Waals surface area contributed by atoms with Gasteiger partial charge in [-0.2, -0.15) is 0 Å². The van der Waals surface area contributed by atoms with E-state index in [2.05, 4.69) is 26.1 Å². The summed E-state index contributed by atoms with van der Waals surface area (Å²) in [5, 5.41) is 7.81. The first-order chi connectivity index (χ1) is 6.70. The highest BCUT2D eigenvalue weighted by Gasteiger charge is 2.10. The van der Waals surface area contributed by atoms with Crippen LogP contribution in [0.5, 0.6) is 0 Å². The standard InChI is InChI=1S/C9H9BrN4/c1-14-8(12-13-9(14)11)6-4-2-3-5-7(6)10/h2-5H,1H3,(H2,11,13). The molecule has 0 bridgehead atoms. The van der Waals surface area contributed by atoms with Crippen LogP contribution in [0.25, 0.3) is 11.4 Å². The van der Waals surface area contributed by atoms with Crippen LogP contribution in [0.1, 0.15) is 0 Å². The van der Waals surface area contributed by atoms with Gasteiger partial charge in [-0.25, -0.2) is 0 Å². The minimum Gasteiger partial charge on any atom is -0.368 e. The Balaban J connectivity index is 2.60. The maximum Gasteiger partial charge on any atom is 0.222 e. The predicted octanol–water partition coefficient (Wildman–Crippen LogP) is 1.83. The fourth-order valence-corrected chi connectivity index (χ4v) is 1.68. The summed E-state index contributed by atoms with van der Waals surface area (Å²) in [6.45, 7) is 0. The number of nitrogen functional groups attached to an aromatic ring is 1. The zero-order chi connectivity index (χ0) is 10.1. The molecule has 1 aromatic carbocycles. The van der Waals surface area contributed by atoms with Crippen LogP contribution in [-0.4, -0.2) is 14.8 Å². The highest BCUT2D eigenvalue weighted by molar-refractivity contribution is 9.10. The summed E-state index contributed by atoms with van der Waals surface area (Å²) in [7, 11) is 1.84. The third-order valence-electron chi connectivity index (χ3n) is 2.02. The van der Waals surface area contributed by atoms with Crippen molar-refractivity contribution in [1.82, 2.24) is 14.8 Å². The lowest BCUT2D eigenvalue weighted by atomic mass is 10.2. The summed E-state index contributed by atoms with van der Waals surface area (Å²) in [6.07, 6.45) is 0. The molecule has 0 atom stereocenters. The van der Waals surface area contributed by atoms with Crippen molar-refractivity contribution in [2.75, 3.05) is 5.73 Å². The minimum atomic E-state index is 0.413. The van der Waals surface area contributed by atoms with E-state index in [0.29, 0.717) is 5.95 Å². The number of hydrogen-bond acceptors (Lipinski definition) is 3. The maximum atomic E-state index is 5.60. The van der Waals surface area contributed by atoms with E-state index in [9.17, 15) is 0 Å². The third-order valence-corrected chi connectivity index (χ3v) is 2.71. The Morgan fingerprint density at radius 3 is 2.57 bits per heavy atom. The number of hydrogen-bond donors (Lipinski definition) is 1. The average molecular weight is 253 g/mol. The summed E-state index contributed by atoms with van der Waals surface area (Å²) in [4.78, 5) is 0. The normalized spacial score (nSPS) is 10.4. The Bertz CT molecular complexity index is 464. The molecule has 0 saturated carbocycles. The van der Waals surface area contributed by atoms with Gasteiger partial charge >= 0.3 is 0 Å². The molecule has 2 rings (SSSR count). The molecule has 72 valence electrons. The second-order valence-electron chi connectivity index (χ2n) is 2.92. The molecule has 0 aliphatic rings. The molecule has 1 heterocycles. The molecule has 0 radical (unpaired) electrons. The van der Waals surface area contributed by atoms with Gasteiger partial charge in [0.25, 0.3) is 0 Å². The van der Waals surface area contributed by atoms with Crippen molar-refractivity contribution in [3.8, 4) is 11.4 Å². The van der Waals surface area contributed by atoms with E-state index in [1.807, 2.05) is 31.3 Å². The van der Waals surface area contributed by atoms with E-state index in [-0.39, 0.29) is 0 Å². The van der Waals surface area contributed by atoms with Crippen LogP contribution in [-0.2, 0) is 7.05 Å². The van der Waals surface area contributed by atoms with Gasteiger partial charge in [0, 0.05) is 17.1 Å². The maximum absolute atomic E-state index is 5.60. The molecule has 0 fully saturated rings. The van der Waals surface area contributed by atoms with Crippen molar-refractivity contribution in [3.05, 3.63) is 28.7 Å². The van der Waals surface area contributed by atoms with Crippen LogP contribution in [0.3, 0.4) is 0 Å². The second-order valence-corrected chi connectivity index (χ2v) is 3.78. The number of rotatable bonds is 1. The summed E-state index contributed by atoms with van der Waals surface area (Å²) in [5.74, 6) is 1.17. The van der Waals surface area contributed by atoms with E-state index in [1.165, 1.54) is 0 Å². The molecule has 0 aliphatic heterocycles. The van der Waals surface area contributed by atoms with Crippen molar-refractivity contribution in [1.29, 1.82) is 0 Å². The lowest BCUT2D eigenvalue weighted by Gasteiger charge is -2.02. The Morgan fingerprint density at radius 1 is 1.29 bits per heavy atom. The van der Waals surface area contributed by atoms with Gasteiger partial charge in [0.15, 0.2) is 5.82 Å².